The molecule has 1 heterocycles. The van der Waals surface area contributed by atoms with Crippen LogP contribution in [0.4, 0.5) is 5.69 Å². The van der Waals surface area contributed by atoms with Gasteiger partial charge in [-0.25, -0.2) is 9.59 Å². The van der Waals surface area contributed by atoms with Gasteiger partial charge in [-0.3, -0.25) is 10.1 Å². The Labute approximate surface area is 197 Å². The summed E-state index contributed by atoms with van der Waals surface area (Å²) < 4.78 is 10.7. The molecule has 0 aromatic heterocycles. The second kappa shape index (κ2) is 11.1. The average Bonchev–Trinajstić information content (AvgIpc) is 2.82. The van der Waals surface area contributed by atoms with E-state index in [1.54, 1.807) is 32.9 Å². The molecule has 176 valence electrons. The normalized spacial score (nSPS) is 15.8. The van der Waals surface area contributed by atoms with E-state index in [1.165, 1.54) is 18.2 Å². The van der Waals surface area contributed by atoms with Gasteiger partial charge in [-0.2, -0.15) is 0 Å². The summed E-state index contributed by atoms with van der Waals surface area (Å²) >= 11 is 0. The number of nitro benzene ring substituents is 1. The first-order valence-corrected chi connectivity index (χ1v) is 10.8. The largest absolute Gasteiger partial charge is 0.463 e. The third kappa shape index (κ3) is 5.58. The van der Waals surface area contributed by atoms with E-state index in [9.17, 15) is 19.7 Å². The zero-order chi connectivity index (χ0) is 24.7. The molecule has 8 heteroatoms. The molecule has 1 atom stereocenters. The van der Waals surface area contributed by atoms with E-state index in [0.717, 1.165) is 5.56 Å². The SMILES string of the molecule is CCOC(=O)C1=C(C)NC(C)=C(C(=O)OCC=Cc2ccccc2)C1c1cccc([N+](=O)[O-])c1. The van der Waals surface area contributed by atoms with Gasteiger partial charge in [0.2, 0.25) is 0 Å². The molecule has 1 aliphatic rings. The van der Waals surface area contributed by atoms with Crippen molar-refractivity contribution in [3.8, 4) is 0 Å². The molecule has 0 bridgehead atoms. The zero-order valence-electron chi connectivity index (χ0n) is 19.2. The van der Waals surface area contributed by atoms with Crippen molar-refractivity contribution in [2.75, 3.05) is 13.2 Å². The van der Waals surface area contributed by atoms with Gasteiger partial charge >= 0.3 is 11.9 Å². The summed E-state index contributed by atoms with van der Waals surface area (Å²) in [5, 5.41) is 14.4. The van der Waals surface area contributed by atoms with Crippen LogP contribution in [-0.4, -0.2) is 30.1 Å². The van der Waals surface area contributed by atoms with Crippen molar-refractivity contribution in [3.05, 3.63) is 104 Å². The van der Waals surface area contributed by atoms with E-state index < -0.39 is 22.8 Å². The van der Waals surface area contributed by atoms with E-state index in [-0.39, 0.29) is 30.0 Å². The minimum Gasteiger partial charge on any atom is -0.463 e. The van der Waals surface area contributed by atoms with Gasteiger partial charge < -0.3 is 14.8 Å². The Bertz CT molecular complexity index is 1180. The van der Waals surface area contributed by atoms with Crippen LogP contribution in [-0.2, 0) is 19.1 Å². The lowest BCUT2D eigenvalue weighted by atomic mass is 9.80. The van der Waals surface area contributed by atoms with Crippen LogP contribution in [0.5, 0.6) is 0 Å². The fourth-order valence-corrected chi connectivity index (χ4v) is 3.85. The number of benzene rings is 2. The predicted molar refractivity (Wildman–Crippen MR) is 127 cm³/mol. The van der Waals surface area contributed by atoms with Crippen molar-refractivity contribution in [1.29, 1.82) is 0 Å². The number of nitrogens with one attached hydrogen (secondary N) is 1. The van der Waals surface area contributed by atoms with Crippen molar-refractivity contribution < 1.29 is 24.0 Å². The molecule has 2 aromatic carbocycles. The van der Waals surface area contributed by atoms with Gasteiger partial charge in [0, 0.05) is 23.5 Å². The van der Waals surface area contributed by atoms with E-state index in [4.69, 9.17) is 9.47 Å². The molecule has 1 N–H and O–H groups in total. The van der Waals surface area contributed by atoms with E-state index >= 15 is 0 Å². The Hall–Kier alpha value is -4.20. The second-order valence-electron chi connectivity index (χ2n) is 7.62. The molecule has 0 saturated carbocycles. The number of carbonyl (C=O) groups is 2. The highest BCUT2D eigenvalue weighted by atomic mass is 16.6. The van der Waals surface area contributed by atoms with Crippen LogP contribution in [0.15, 0.2) is 83.2 Å². The lowest BCUT2D eigenvalue weighted by Gasteiger charge is -2.30. The molecule has 3 rings (SSSR count). The summed E-state index contributed by atoms with van der Waals surface area (Å²) in [5.74, 6) is -2.12. The molecular weight excluding hydrogens is 436 g/mol. The van der Waals surface area contributed by atoms with Crippen molar-refractivity contribution >= 4 is 23.7 Å². The fourth-order valence-electron chi connectivity index (χ4n) is 3.85. The number of carbonyl (C=O) groups excluding carboxylic acids is 2. The lowest BCUT2D eigenvalue weighted by molar-refractivity contribution is -0.384. The highest BCUT2D eigenvalue weighted by molar-refractivity contribution is 6.00. The molecule has 0 aliphatic carbocycles. The van der Waals surface area contributed by atoms with Crippen LogP contribution < -0.4 is 5.32 Å². The maximum absolute atomic E-state index is 13.2. The summed E-state index contributed by atoms with van der Waals surface area (Å²) in [6.45, 7) is 5.24. The number of nitro groups is 1. The van der Waals surface area contributed by atoms with E-state index in [2.05, 4.69) is 5.32 Å². The average molecular weight is 463 g/mol. The molecule has 1 unspecified atom stereocenters. The summed E-state index contributed by atoms with van der Waals surface area (Å²) in [5.41, 5.74) is 2.65. The van der Waals surface area contributed by atoms with Gasteiger partial charge in [-0.05, 0) is 38.0 Å². The number of ether oxygens (including phenoxy) is 2. The first-order valence-electron chi connectivity index (χ1n) is 10.8. The monoisotopic (exact) mass is 462 g/mol. The van der Waals surface area contributed by atoms with Crippen molar-refractivity contribution in [1.82, 2.24) is 5.32 Å². The first-order chi connectivity index (χ1) is 16.3. The molecule has 0 fully saturated rings. The van der Waals surface area contributed by atoms with Crippen molar-refractivity contribution in [2.24, 2.45) is 0 Å². The molecule has 0 saturated heterocycles. The van der Waals surface area contributed by atoms with Crippen LogP contribution in [0.2, 0.25) is 0 Å². The molecular formula is C26H26N2O6. The van der Waals surface area contributed by atoms with Gasteiger partial charge in [0.05, 0.1) is 28.6 Å². The van der Waals surface area contributed by atoms with E-state index in [1.807, 2.05) is 36.4 Å². The molecule has 1 aliphatic heterocycles. The first kappa shape index (κ1) is 24.4. The molecule has 34 heavy (non-hydrogen) atoms. The molecule has 0 amide bonds. The van der Waals surface area contributed by atoms with E-state index in [0.29, 0.717) is 17.0 Å². The van der Waals surface area contributed by atoms with Crippen molar-refractivity contribution in [2.45, 2.75) is 26.7 Å². The maximum atomic E-state index is 13.2. The molecule has 2 aromatic rings. The van der Waals surface area contributed by atoms with Gasteiger partial charge in [-0.15, -0.1) is 0 Å². The smallest absolute Gasteiger partial charge is 0.337 e. The Morgan fingerprint density at radius 3 is 2.26 bits per heavy atom. The third-order valence-corrected chi connectivity index (χ3v) is 5.31. The minimum absolute atomic E-state index is 0.0175. The van der Waals surface area contributed by atoms with Crippen LogP contribution in [0.3, 0.4) is 0 Å². The summed E-state index contributed by atoms with van der Waals surface area (Å²) in [6.07, 6.45) is 3.55. The quantitative estimate of drug-likeness (QED) is 0.346. The number of hydrogen-bond donors (Lipinski definition) is 1. The predicted octanol–water partition coefficient (Wildman–Crippen LogP) is 4.65. The number of hydrogen-bond acceptors (Lipinski definition) is 7. The number of rotatable bonds is 8. The number of allylic oxidation sites excluding steroid dienone is 2. The highest BCUT2D eigenvalue weighted by Gasteiger charge is 2.38. The standard InChI is InChI=1S/C26H26N2O6/c1-4-33-25(29)22-17(2)27-18(3)23(24(22)20-13-8-14-21(16-20)28(31)32)26(30)34-15-9-12-19-10-6-5-7-11-19/h5-14,16,24,27H,4,15H2,1-3H3. The summed E-state index contributed by atoms with van der Waals surface area (Å²) in [6, 6.07) is 15.5. The Kier molecular flexibility index (Phi) is 7.97. The number of nitrogens with zero attached hydrogens (tertiary/aromatic N) is 1. The zero-order valence-corrected chi connectivity index (χ0v) is 19.2. The Morgan fingerprint density at radius 1 is 1.00 bits per heavy atom. The lowest BCUT2D eigenvalue weighted by Crippen LogP contribution is -2.32. The molecule has 8 nitrogen and oxygen atoms in total. The Balaban J connectivity index is 1.95. The minimum atomic E-state index is -0.884. The van der Waals surface area contributed by atoms with Crippen molar-refractivity contribution in [3.63, 3.8) is 0 Å². The fraction of sp³-hybridized carbons (Fsp3) is 0.231. The highest BCUT2D eigenvalue weighted by Crippen LogP contribution is 2.40. The van der Waals surface area contributed by atoms with Gasteiger partial charge in [0.1, 0.15) is 6.61 Å². The summed E-state index contributed by atoms with van der Waals surface area (Å²) in [4.78, 5) is 36.9. The maximum Gasteiger partial charge on any atom is 0.337 e. The molecule has 0 spiro atoms. The Morgan fingerprint density at radius 2 is 1.65 bits per heavy atom. The van der Waals surface area contributed by atoms with Gasteiger partial charge in [0.15, 0.2) is 0 Å². The number of dihydropyridines is 1. The van der Waals surface area contributed by atoms with Gasteiger partial charge in [0.25, 0.3) is 5.69 Å². The van der Waals surface area contributed by atoms with Gasteiger partial charge in [-0.1, -0.05) is 48.5 Å². The number of esters is 2. The van der Waals surface area contributed by atoms with Crippen LogP contribution in [0.25, 0.3) is 6.08 Å². The number of non-ortho nitro benzene ring substituents is 1. The van der Waals surface area contributed by atoms with Crippen LogP contribution >= 0.6 is 0 Å². The third-order valence-electron chi connectivity index (χ3n) is 5.31. The van der Waals surface area contributed by atoms with Crippen LogP contribution in [0.1, 0.15) is 37.8 Å². The summed E-state index contributed by atoms with van der Waals surface area (Å²) in [7, 11) is 0. The van der Waals surface area contributed by atoms with Crippen LogP contribution in [0, 0.1) is 10.1 Å². The molecule has 0 radical (unpaired) electrons. The second-order valence-corrected chi connectivity index (χ2v) is 7.62. The topological polar surface area (TPSA) is 108 Å².